The van der Waals surface area contributed by atoms with Crippen LogP contribution in [0.4, 0.5) is 5.69 Å². The van der Waals surface area contributed by atoms with Crippen LogP contribution in [0.3, 0.4) is 0 Å². The van der Waals surface area contributed by atoms with E-state index in [0.717, 1.165) is 12.8 Å². The first-order chi connectivity index (χ1) is 11.0. The smallest absolute Gasteiger partial charge is 0.338 e. The summed E-state index contributed by atoms with van der Waals surface area (Å²) in [6.07, 6.45) is 1.79. The zero-order valence-electron chi connectivity index (χ0n) is 14.1. The monoisotopic (exact) mass is 322 g/mol. The van der Waals surface area contributed by atoms with E-state index in [0.29, 0.717) is 36.7 Å². The van der Waals surface area contributed by atoms with Crippen molar-refractivity contribution in [2.24, 2.45) is 0 Å². The number of nitrogens with zero attached hydrogens (tertiary/aromatic N) is 1. The van der Waals surface area contributed by atoms with Crippen molar-refractivity contribution in [3.8, 4) is 5.75 Å². The topological polar surface area (TPSA) is 81.9 Å². The van der Waals surface area contributed by atoms with Gasteiger partial charge in [-0.25, -0.2) is 4.79 Å². The van der Waals surface area contributed by atoms with Gasteiger partial charge in [0.05, 0.1) is 17.9 Å². The van der Waals surface area contributed by atoms with Crippen molar-refractivity contribution < 1.29 is 19.1 Å². The van der Waals surface area contributed by atoms with Crippen molar-refractivity contribution in [1.29, 1.82) is 0 Å². The van der Waals surface area contributed by atoms with Gasteiger partial charge in [0.25, 0.3) is 5.91 Å². The summed E-state index contributed by atoms with van der Waals surface area (Å²) in [5.74, 6) is -0.214. The maximum Gasteiger partial charge on any atom is 0.338 e. The predicted molar refractivity (Wildman–Crippen MR) is 89.5 cm³/mol. The van der Waals surface area contributed by atoms with Gasteiger partial charge in [0.15, 0.2) is 6.61 Å². The molecular formula is C17H26N2O4. The molecule has 2 N–H and O–H groups in total. The van der Waals surface area contributed by atoms with E-state index in [1.54, 1.807) is 24.0 Å². The van der Waals surface area contributed by atoms with Crippen LogP contribution in [0.2, 0.25) is 0 Å². The van der Waals surface area contributed by atoms with Crippen LogP contribution < -0.4 is 10.5 Å². The van der Waals surface area contributed by atoms with Gasteiger partial charge < -0.3 is 20.1 Å². The van der Waals surface area contributed by atoms with Crippen LogP contribution in [-0.2, 0) is 9.53 Å². The Kier molecular flexibility index (Phi) is 7.94. The molecule has 0 aliphatic carbocycles. The second kappa shape index (κ2) is 9.71. The number of hydrogen-bond donors (Lipinski definition) is 1. The lowest BCUT2D eigenvalue weighted by Crippen LogP contribution is -2.36. The van der Waals surface area contributed by atoms with Crippen LogP contribution >= 0.6 is 0 Å². The molecule has 23 heavy (non-hydrogen) atoms. The average molecular weight is 322 g/mol. The van der Waals surface area contributed by atoms with Crippen molar-refractivity contribution in [1.82, 2.24) is 4.90 Å². The first-order valence-corrected chi connectivity index (χ1v) is 8.00. The van der Waals surface area contributed by atoms with E-state index in [1.807, 2.05) is 13.8 Å². The van der Waals surface area contributed by atoms with Crippen LogP contribution in [0.25, 0.3) is 0 Å². The van der Waals surface area contributed by atoms with E-state index in [2.05, 4.69) is 0 Å². The second-order valence-corrected chi connectivity index (χ2v) is 5.14. The van der Waals surface area contributed by atoms with E-state index in [-0.39, 0.29) is 12.5 Å². The fraction of sp³-hybridized carbons (Fsp3) is 0.529. The zero-order chi connectivity index (χ0) is 17.2. The number of esters is 1. The highest BCUT2D eigenvalue weighted by Gasteiger charge is 2.15. The molecule has 0 aromatic heterocycles. The summed E-state index contributed by atoms with van der Waals surface area (Å²) >= 11 is 0. The highest BCUT2D eigenvalue weighted by atomic mass is 16.5. The van der Waals surface area contributed by atoms with Crippen molar-refractivity contribution in [2.75, 3.05) is 32.0 Å². The van der Waals surface area contributed by atoms with Gasteiger partial charge in [-0.1, -0.05) is 13.8 Å². The molecule has 0 bridgehead atoms. The molecule has 6 nitrogen and oxygen atoms in total. The zero-order valence-corrected chi connectivity index (χ0v) is 14.1. The van der Waals surface area contributed by atoms with E-state index in [4.69, 9.17) is 15.2 Å². The SMILES string of the molecule is CCCN(CCC)C(=O)COc1cc(C(=O)OCC)ccc1N. The maximum absolute atomic E-state index is 12.2. The predicted octanol–water partition coefficient (Wildman–Crippen LogP) is 2.47. The molecule has 0 aliphatic rings. The highest BCUT2D eigenvalue weighted by molar-refractivity contribution is 5.90. The maximum atomic E-state index is 12.2. The van der Waals surface area contributed by atoms with Crippen molar-refractivity contribution in [3.05, 3.63) is 23.8 Å². The van der Waals surface area contributed by atoms with Gasteiger partial charge >= 0.3 is 5.97 Å². The lowest BCUT2D eigenvalue weighted by molar-refractivity contribution is -0.133. The van der Waals surface area contributed by atoms with Crippen molar-refractivity contribution in [2.45, 2.75) is 33.6 Å². The molecule has 0 saturated heterocycles. The van der Waals surface area contributed by atoms with Crippen LogP contribution in [0.1, 0.15) is 44.0 Å². The third kappa shape index (κ3) is 5.81. The number of hydrogen-bond acceptors (Lipinski definition) is 5. The Morgan fingerprint density at radius 2 is 1.78 bits per heavy atom. The quantitative estimate of drug-likeness (QED) is 0.558. The lowest BCUT2D eigenvalue weighted by Gasteiger charge is -2.21. The van der Waals surface area contributed by atoms with Crippen LogP contribution in [0.5, 0.6) is 5.75 Å². The first-order valence-electron chi connectivity index (χ1n) is 8.00. The van der Waals surface area contributed by atoms with E-state index in [9.17, 15) is 9.59 Å². The molecule has 0 spiro atoms. The molecule has 0 heterocycles. The standard InChI is InChI=1S/C17H26N2O4/c1-4-9-19(10-5-2)16(20)12-23-15-11-13(7-8-14(15)18)17(21)22-6-3/h7-8,11H,4-6,9-10,12,18H2,1-3H3. The Labute approximate surface area is 137 Å². The third-order valence-corrected chi connectivity index (χ3v) is 3.22. The number of rotatable bonds is 9. The number of nitrogens with two attached hydrogens (primary N) is 1. The van der Waals surface area contributed by atoms with Crippen LogP contribution in [0, 0.1) is 0 Å². The summed E-state index contributed by atoms with van der Waals surface area (Å²) in [5, 5.41) is 0. The number of nitrogen functional groups attached to an aromatic ring is 1. The summed E-state index contributed by atoms with van der Waals surface area (Å²) in [6.45, 7) is 7.39. The van der Waals surface area contributed by atoms with E-state index < -0.39 is 5.97 Å². The van der Waals surface area contributed by atoms with Gasteiger partial charge in [0.2, 0.25) is 0 Å². The molecule has 0 atom stereocenters. The normalized spacial score (nSPS) is 10.2. The fourth-order valence-corrected chi connectivity index (χ4v) is 2.13. The molecule has 1 aromatic carbocycles. The molecule has 1 aromatic rings. The number of ether oxygens (including phenoxy) is 2. The molecule has 0 unspecified atom stereocenters. The first kappa shape index (κ1) is 18.8. The Hall–Kier alpha value is -2.24. The fourth-order valence-electron chi connectivity index (χ4n) is 2.13. The molecule has 128 valence electrons. The molecule has 0 radical (unpaired) electrons. The minimum absolute atomic E-state index is 0.0883. The molecule has 0 aliphatic heterocycles. The second-order valence-electron chi connectivity index (χ2n) is 5.14. The Morgan fingerprint density at radius 1 is 1.13 bits per heavy atom. The molecule has 1 amide bonds. The average Bonchev–Trinajstić information content (AvgIpc) is 2.53. The van der Waals surface area contributed by atoms with Crippen LogP contribution in [-0.4, -0.2) is 43.1 Å². The van der Waals surface area contributed by atoms with Gasteiger partial charge in [-0.3, -0.25) is 4.79 Å². The van der Waals surface area contributed by atoms with Crippen molar-refractivity contribution in [3.63, 3.8) is 0 Å². The van der Waals surface area contributed by atoms with Gasteiger partial charge in [0, 0.05) is 13.1 Å². The summed E-state index contributed by atoms with van der Waals surface area (Å²) in [5.41, 5.74) is 6.57. The molecule has 0 saturated carbocycles. The Bertz CT molecular complexity index is 525. The van der Waals surface area contributed by atoms with Gasteiger partial charge in [-0.2, -0.15) is 0 Å². The number of carbonyl (C=O) groups excluding carboxylic acids is 2. The molecule has 1 rings (SSSR count). The molecular weight excluding hydrogens is 296 g/mol. The minimum atomic E-state index is -0.442. The number of amides is 1. The van der Waals surface area contributed by atoms with E-state index in [1.165, 1.54) is 6.07 Å². The Morgan fingerprint density at radius 3 is 2.35 bits per heavy atom. The van der Waals surface area contributed by atoms with Gasteiger partial charge in [-0.15, -0.1) is 0 Å². The minimum Gasteiger partial charge on any atom is -0.482 e. The number of anilines is 1. The van der Waals surface area contributed by atoms with Crippen molar-refractivity contribution >= 4 is 17.6 Å². The molecule has 0 fully saturated rings. The highest BCUT2D eigenvalue weighted by Crippen LogP contribution is 2.23. The largest absolute Gasteiger partial charge is 0.482 e. The Balaban J connectivity index is 2.74. The van der Waals surface area contributed by atoms with Gasteiger partial charge in [-0.05, 0) is 38.0 Å². The number of carbonyl (C=O) groups is 2. The summed E-state index contributed by atoms with van der Waals surface area (Å²) in [6, 6.07) is 4.65. The summed E-state index contributed by atoms with van der Waals surface area (Å²) < 4.78 is 10.5. The lowest BCUT2D eigenvalue weighted by atomic mass is 10.2. The molecule has 6 heteroatoms. The van der Waals surface area contributed by atoms with Crippen LogP contribution in [0.15, 0.2) is 18.2 Å². The third-order valence-electron chi connectivity index (χ3n) is 3.22. The van der Waals surface area contributed by atoms with Gasteiger partial charge in [0.1, 0.15) is 5.75 Å². The summed E-state index contributed by atoms with van der Waals surface area (Å²) in [7, 11) is 0. The summed E-state index contributed by atoms with van der Waals surface area (Å²) in [4.78, 5) is 25.7. The van der Waals surface area contributed by atoms with E-state index >= 15 is 0 Å². The number of benzene rings is 1.